The molecule has 96 valence electrons. The van der Waals surface area contributed by atoms with E-state index in [1.54, 1.807) is 6.20 Å². The second kappa shape index (κ2) is 4.31. The molecule has 0 saturated heterocycles. The lowest BCUT2D eigenvalue weighted by Crippen LogP contribution is -1.98. The predicted octanol–water partition coefficient (Wildman–Crippen LogP) is 3.51. The van der Waals surface area contributed by atoms with Crippen LogP contribution >= 0.6 is 0 Å². The minimum absolute atomic E-state index is 0.717. The van der Waals surface area contributed by atoms with E-state index in [0.29, 0.717) is 0 Å². The van der Waals surface area contributed by atoms with Crippen molar-refractivity contribution < 1.29 is 0 Å². The number of aromatic nitrogens is 2. The molecule has 0 saturated carbocycles. The van der Waals surface area contributed by atoms with Crippen molar-refractivity contribution in [2.75, 3.05) is 11.1 Å². The summed E-state index contributed by atoms with van der Waals surface area (Å²) in [5, 5.41) is 11.4. The Labute approximate surface area is 111 Å². The molecule has 1 heterocycles. The third-order valence-electron chi connectivity index (χ3n) is 3.27. The number of rotatable bonds is 2. The Bertz CT molecular complexity index is 743. The Morgan fingerprint density at radius 1 is 1.11 bits per heavy atom. The van der Waals surface area contributed by atoms with E-state index in [0.717, 1.165) is 28.0 Å². The van der Waals surface area contributed by atoms with Crippen molar-refractivity contribution >= 4 is 28.0 Å². The number of nitrogen functional groups attached to an aromatic ring is 1. The van der Waals surface area contributed by atoms with Gasteiger partial charge in [-0.15, -0.1) is 0 Å². The standard InChI is InChI=1S/C15H16N4/c1-9-3-4-10(2)13(5-9)18-15-7-14-11(6-12(15)16)8-17-19-14/h3-8,18H,16H2,1-2H3,(H,17,19). The van der Waals surface area contributed by atoms with E-state index in [2.05, 4.69) is 47.6 Å². The number of anilines is 3. The lowest BCUT2D eigenvalue weighted by molar-refractivity contribution is 1.12. The molecule has 0 bridgehead atoms. The van der Waals surface area contributed by atoms with E-state index in [1.165, 1.54) is 11.1 Å². The first-order valence-corrected chi connectivity index (χ1v) is 6.20. The minimum Gasteiger partial charge on any atom is -0.397 e. The topological polar surface area (TPSA) is 66.7 Å². The van der Waals surface area contributed by atoms with Crippen molar-refractivity contribution in [1.82, 2.24) is 10.2 Å². The minimum atomic E-state index is 0.717. The number of benzene rings is 2. The Balaban J connectivity index is 2.04. The van der Waals surface area contributed by atoms with Crippen LogP contribution in [-0.2, 0) is 0 Å². The van der Waals surface area contributed by atoms with Crippen LogP contribution in [0.3, 0.4) is 0 Å². The molecule has 0 atom stereocenters. The van der Waals surface area contributed by atoms with Gasteiger partial charge in [-0.3, -0.25) is 5.10 Å². The van der Waals surface area contributed by atoms with E-state index < -0.39 is 0 Å². The van der Waals surface area contributed by atoms with E-state index in [1.807, 2.05) is 12.1 Å². The van der Waals surface area contributed by atoms with E-state index >= 15 is 0 Å². The maximum atomic E-state index is 6.08. The highest BCUT2D eigenvalue weighted by Gasteiger charge is 2.06. The van der Waals surface area contributed by atoms with Crippen LogP contribution in [0.4, 0.5) is 17.1 Å². The summed E-state index contributed by atoms with van der Waals surface area (Å²) in [4.78, 5) is 0. The zero-order chi connectivity index (χ0) is 13.4. The molecule has 3 aromatic rings. The summed E-state index contributed by atoms with van der Waals surface area (Å²) in [6.45, 7) is 4.15. The summed E-state index contributed by atoms with van der Waals surface area (Å²) in [6, 6.07) is 10.2. The normalized spacial score (nSPS) is 10.8. The molecular formula is C15H16N4. The average molecular weight is 252 g/mol. The highest BCUT2D eigenvalue weighted by molar-refractivity contribution is 5.90. The largest absolute Gasteiger partial charge is 0.397 e. The molecule has 0 radical (unpaired) electrons. The van der Waals surface area contributed by atoms with Gasteiger partial charge in [0.25, 0.3) is 0 Å². The smallest absolute Gasteiger partial charge is 0.0672 e. The van der Waals surface area contributed by atoms with Gasteiger partial charge >= 0.3 is 0 Å². The molecule has 0 aliphatic heterocycles. The third kappa shape index (κ3) is 2.12. The van der Waals surface area contributed by atoms with Gasteiger partial charge in [0.1, 0.15) is 0 Å². The quantitative estimate of drug-likeness (QED) is 0.611. The van der Waals surface area contributed by atoms with Crippen LogP contribution in [0.5, 0.6) is 0 Å². The Morgan fingerprint density at radius 3 is 2.79 bits per heavy atom. The number of hydrogen-bond acceptors (Lipinski definition) is 3. The van der Waals surface area contributed by atoms with Crippen LogP contribution in [0, 0.1) is 13.8 Å². The third-order valence-corrected chi connectivity index (χ3v) is 3.27. The van der Waals surface area contributed by atoms with Crippen LogP contribution in [0.2, 0.25) is 0 Å². The number of aryl methyl sites for hydroxylation is 2. The maximum absolute atomic E-state index is 6.08. The maximum Gasteiger partial charge on any atom is 0.0672 e. The van der Waals surface area contributed by atoms with Gasteiger partial charge in [0.2, 0.25) is 0 Å². The molecule has 0 aliphatic rings. The lowest BCUT2D eigenvalue weighted by Gasteiger charge is -2.12. The number of hydrogen-bond donors (Lipinski definition) is 3. The van der Waals surface area contributed by atoms with Gasteiger partial charge in [-0.2, -0.15) is 5.10 Å². The molecule has 0 spiro atoms. The number of nitrogens with two attached hydrogens (primary N) is 1. The first-order valence-electron chi connectivity index (χ1n) is 6.20. The fraction of sp³-hybridized carbons (Fsp3) is 0.133. The highest BCUT2D eigenvalue weighted by atomic mass is 15.1. The number of fused-ring (bicyclic) bond motifs is 1. The molecule has 4 nitrogen and oxygen atoms in total. The SMILES string of the molecule is Cc1ccc(C)c(Nc2cc3[nH]ncc3cc2N)c1. The van der Waals surface area contributed by atoms with E-state index in [-0.39, 0.29) is 0 Å². The molecular weight excluding hydrogens is 236 g/mol. The first-order chi connectivity index (χ1) is 9.13. The van der Waals surface area contributed by atoms with Crippen molar-refractivity contribution in [3.63, 3.8) is 0 Å². The van der Waals surface area contributed by atoms with Crippen LogP contribution in [0.25, 0.3) is 10.9 Å². The van der Waals surface area contributed by atoms with Crippen molar-refractivity contribution in [3.8, 4) is 0 Å². The van der Waals surface area contributed by atoms with Gasteiger partial charge in [-0.05, 0) is 43.2 Å². The van der Waals surface area contributed by atoms with Gasteiger partial charge in [-0.25, -0.2) is 0 Å². The summed E-state index contributed by atoms with van der Waals surface area (Å²) in [6.07, 6.45) is 1.77. The summed E-state index contributed by atoms with van der Waals surface area (Å²) in [7, 11) is 0. The van der Waals surface area contributed by atoms with Gasteiger partial charge in [-0.1, -0.05) is 12.1 Å². The summed E-state index contributed by atoms with van der Waals surface area (Å²) >= 11 is 0. The second-order valence-electron chi connectivity index (χ2n) is 4.84. The summed E-state index contributed by atoms with van der Waals surface area (Å²) in [5.41, 5.74) is 12.1. The van der Waals surface area contributed by atoms with Gasteiger partial charge in [0, 0.05) is 11.1 Å². The Kier molecular flexibility index (Phi) is 2.63. The molecule has 4 heteroatoms. The van der Waals surface area contributed by atoms with Crippen LogP contribution < -0.4 is 11.1 Å². The number of aromatic amines is 1. The molecule has 0 aliphatic carbocycles. The van der Waals surface area contributed by atoms with Gasteiger partial charge in [0.15, 0.2) is 0 Å². The van der Waals surface area contributed by atoms with Crippen LogP contribution in [0.15, 0.2) is 36.5 Å². The zero-order valence-corrected chi connectivity index (χ0v) is 11.0. The fourth-order valence-electron chi connectivity index (χ4n) is 2.13. The van der Waals surface area contributed by atoms with Crippen molar-refractivity contribution in [3.05, 3.63) is 47.7 Å². The highest BCUT2D eigenvalue weighted by Crippen LogP contribution is 2.29. The van der Waals surface area contributed by atoms with Gasteiger partial charge < -0.3 is 11.1 Å². The molecule has 0 fully saturated rings. The average Bonchev–Trinajstić information content (AvgIpc) is 2.81. The Hall–Kier alpha value is -2.49. The Morgan fingerprint density at radius 2 is 1.95 bits per heavy atom. The van der Waals surface area contributed by atoms with Crippen molar-refractivity contribution in [2.45, 2.75) is 13.8 Å². The molecule has 2 aromatic carbocycles. The molecule has 3 rings (SSSR count). The summed E-state index contributed by atoms with van der Waals surface area (Å²) < 4.78 is 0. The monoisotopic (exact) mass is 252 g/mol. The van der Waals surface area contributed by atoms with E-state index in [9.17, 15) is 0 Å². The summed E-state index contributed by atoms with van der Waals surface area (Å²) in [5.74, 6) is 0. The number of nitrogens with zero attached hydrogens (tertiary/aromatic N) is 1. The van der Waals surface area contributed by atoms with Crippen molar-refractivity contribution in [1.29, 1.82) is 0 Å². The molecule has 0 amide bonds. The second-order valence-corrected chi connectivity index (χ2v) is 4.84. The zero-order valence-electron chi connectivity index (χ0n) is 11.0. The van der Waals surface area contributed by atoms with Crippen LogP contribution in [-0.4, -0.2) is 10.2 Å². The fourth-order valence-corrected chi connectivity index (χ4v) is 2.13. The molecule has 4 N–H and O–H groups in total. The molecule has 0 unspecified atom stereocenters. The van der Waals surface area contributed by atoms with E-state index in [4.69, 9.17) is 5.73 Å². The first kappa shape index (κ1) is 11.6. The number of H-pyrrole nitrogens is 1. The number of nitrogens with one attached hydrogen (secondary N) is 2. The van der Waals surface area contributed by atoms with Crippen molar-refractivity contribution in [2.24, 2.45) is 0 Å². The lowest BCUT2D eigenvalue weighted by atomic mass is 10.1. The molecule has 19 heavy (non-hydrogen) atoms. The van der Waals surface area contributed by atoms with Gasteiger partial charge in [0.05, 0.1) is 23.1 Å². The van der Waals surface area contributed by atoms with Crippen LogP contribution in [0.1, 0.15) is 11.1 Å². The predicted molar refractivity (Wildman–Crippen MR) is 79.7 cm³/mol. The molecule has 1 aromatic heterocycles.